The lowest BCUT2D eigenvalue weighted by Crippen LogP contribution is -2.59. The minimum Gasteiger partial charge on any atom is -0.363 e. The van der Waals surface area contributed by atoms with Crippen molar-refractivity contribution < 1.29 is 14.3 Å². The summed E-state index contributed by atoms with van der Waals surface area (Å²) in [5.41, 5.74) is 1.19. The number of pyridine rings is 1. The Morgan fingerprint density at radius 3 is 2.80 bits per heavy atom. The SMILES string of the molecule is O=C(c1cccnc1)N1CCC2(CC1)CN(c1ccsc1)C(=O)CO2. The molecule has 2 aromatic rings. The molecule has 130 valence electrons. The number of amides is 2. The lowest BCUT2D eigenvalue weighted by atomic mass is 9.89. The maximum Gasteiger partial charge on any atom is 0.255 e. The van der Waals surface area contributed by atoms with Crippen LogP contribution in [0.15, 0.2) is 41.4 Å². The molecule has 4 rings (SSSR count). The fourth-order valence-electron chi connectivity index (χ4n) is 3.45. The first-order valence-corrected chi connectivity index (χ1v) is 9.27. The van der Waals surface area contributed by atoms with Gasteiger partial charge in [-0.25, -0.2) is 0 Å². The van der Waals surface area contributed by atoms with Gasteiger partial charge in [-0.1, -0.05) is 0 Å². The number of anilines is 1. The van der Waals surface area contributed by atoms with Crippen LogP contribution < -0.4 is 4.90 Å². The van der Waals surface area contributed by atoms with Crippen LogP contribution in [0, 0.1) is 0 Å². The van der Waals surface area contributed by atoms with Crippen molar-refractivity contribution in [1.29, 1.82) is 0 Å². The summed E-state index contributed by atoms with van der Waals surface area (Å²) >= 11 is 1.58. The van der Waals surface area contributed by atoms with Crippen LogP contribution in [-0.4, -0.2) is 53.5 Å². The number of thiophene rings is 1. The van der Waals surface area contributed by atoms with E-state index in [9.17, 15) is 9.59 Å². The van der Waals surface area contributed by atoms with Gasteiger partial charge in [0.25, 0.3) is 11.8 Å². The van der Waals surface area contributed by atoms with E-state index in [1.165, 1.54) is 0 Å². The fraction of sp³-hybridized carbons (Fsp3) is 0.389. The predicted molar refractivity (Wildman–Crippen MR) is 94.7 cm³/mol. The number of likely N-dealkylation sites (tertiary alicyclic amines) is 1. The molecular formula is C18H19N3O3S. The summed E-state index contributed by atoms with van der Waals surface area (Å²) in [5, 5.41) is 3.96. The number of morpholine rings is 1. The molecule has 1 spiro atoms. The quantitative estimate of drug-likeness (QED) is 0.826. The average molecular weight is 357 g/mol. The molecule has 2 aromatic heterocycles. The van der Waals surface area contributed by atoms with Crippen LogP contribution in [0.25, 0.3) is 0 Å². The van der Waals surface area contributed by atoms with Crippen LogP contribution in [-0.2, 0) is 9.53 Å². The van der Waals surface area contributed by atoms with Gasteiger partial charge in [-0.3, -0.25) is 14.6 Å². The molecule has 0 radical (unpaired) electrons. The number of carbonyl (C=O) groups is 2. The number of nitrogens with zero attached hydrogens (tertiary/aromatic N) is 3. The molecule has 7 heteroatoms. The van der Waals surface area contributed by atoms with Gasteiger partial charge >= 0.3 is 0 Å². The van der Waals surface area contributed by atoms with Crippen molar-refractivity contribution in [2.24, 2.45) is 0 Å². The number of hydrogen-bond donors (Lipinski definition) is 0. The first-order chi connectivity index (χ1) is 12.2. The molecule has 4 heterocycles. The zero-order valence-electron chi connectivity index (χ0n) is 13.8. The molecule has 0 saturated carbocycles. The maximum absolute atomic E-state index is 12.6. The van der Waals surface area contributed by atoms with Crippen LogP contribution in [0.2, 0.25) is 0 Å². The fourth-order valence-corrected chi connectivity index (χ4v) is 4.09. The Labute approximate surface area is 150 Å². The molecule has 0 aromatic carbocycles. The lowest BCUT2D eigenvalue weighted by molar-refractivity contribution is -0.143. The van der Waals surface area contributed by atoms with Crippen LogP contribution in [0.5, 0.6) is 0 Å². The van der Waals surface area contributed by atoms with Crippen molar-refractivity contribution in [1.82, 2.24) is 9.88 Å². The van der Waals surface area contributed by atoms with E-state index in [1.54, 1.807) is 35.9 Å². The molecule has 0 N–H and O–H groups in total. The van der Waals surface area contributed by atoms with Gasteiger partial charge in [-0.2, -0.15) is 11.3 Å². The number of rotatable bonds is 2. The third-order valence-electron chi connectivity index (χ3n) is 4.94. The van der Waals surface area contributed by atoms with Gasteiger partial charge in [0.05, 0.1) is 23.4 Å². The molecule has 0 bridgehead atoms. The van der Waals surface area contributed by atoms with Crippen molar-refractivity contribution in [3.63, 3.8) is 0 Å². The van der Waals surface area contributed by atoms with Crippen molar-refractivity contribution in [2.45, 2.75) is 18.4 Å². The minimum absolute atomic E-state index is 0.00195. The van der Waals surface area contributed by atoms with Gasteiger partial charge in [0.15, 0.2) is 0 Å². The third-order valence-corrected chi connectivity index (χ3v) is 5.61. The number of ether oxygens (including phenoxy) is 1. The number of carbonyl (C=O) groups excluding carboxylic acids is 2. The minimum atomic E-state index is -0.360. The molecule has 2 amide bonds. The molecule has 0 aliphatic carbocycles. The summed E-state index contributed by atoms with van der Waals surface area (Å²) in [4.78, 5) is 32.4. The summed E-state index contributed by atoms with van der Waals surface area (Å²) < 4.78 is 5.94. The van der Waals surface area contributed by atoms with Crippen LogP contribution in [0.3, 0.4) is 0 Å². The zero-order valence-corrected chi connectivity index (χ0v) is 14.6. The van der Waals surface area contributed by atoms with E-state index in [-0.39, 0.29) is 24.0 Å². The Balaban J connectivity index is 1.44. The highest BCUT2D eigenvalue weighted by Crippen LogP contribution is 2.33. The zero-order chi connectivity index (χ0) is 17.3. The predicted octanol–water partition coefficient (Wildman–Crippen LogP) is 2.18. The first-order valence-electron chi connectivity index (χ1n) is 8.33. The number of piperidine rings is 1. The summed E-state index contributed by atoms with van der Waals surface area (Å²) in [5.74, 6) is 0.00224. The summed E-state index contributed by atoms with van der Waals surface area (Å²) in [6.45, 7) is 1.91. The molecule has 0 atom stereocenters. The Hall–Kier alpha value is -2.25. The Morgan fingerprint density at radius 2 is 2.12 bits per heavy atom. The van der Waals surface area contributed by atoms with E-state index in [2.05, 4.69) is 4.98 Å². The monoisotopic (exact) mass is 357 g/mol. The van der Waals surface area contributed by atoms with Crippen molar-refractivity contribution in [3.8, 4) is 0 Å². The Kier molecular flexibility index (Phi) is 4.27. The highest BCUT2D eigenvalue weighted by atomic mass is 32.1. The molecule has 25 heavy (non-hydrogen) atoms. The molecule has 6 nitrogen and oxygen atoms in total. The van der Waals surface area contributed by atoms with Gasteiger partial charge in [0, 0.05) is 30.9 Å². The van der Waals surface area contributed by atoms with E-state index < -0.39 is 0 Å². The second kappa shape index (κ2) is 6.57. The van der Waals surface area contributed by atoms with Crippen molar-refractivity contribution in [2.75, 3.05) is 31.1 Å². The topological polar surface area (TPSA) is 62.7 Å². The molecule has 0 unspecified atom stereocenters. The molecule has 2 saturated heterocycles. The molecule has 2 aliphatic rings. The van der Waals surface area contributed by atoms with E-state index >= 15 is 0 Å². The van der Waals surface area contributed by atoms with Crippen LogP contribution in [0.4, 0.5) is 5.69 Å². The lowest BCUT2D eigenvalue weighted by Gasteiger charge is -2.46. The van der Waals surface area contributed by atoms with Crippen molar-refractivity contribution >= 4 is 28.8 Å². The normalized spacial score (nSPS) is 20.1. The summed E-state index contributed by atoms with van der Waals surface area (Å²) in [6, 6.07) is 5.52. The maximum atomic E-state index is 12.6. The van der Waals surface area contributed by atoms with Gasteiger partial charge in [0.2, 0.25) is 0 Å². The van der Waals surface area contributed by atoms with E-state index in [0.717, 1.165) is 18.5 Å². The Morgan fingerprint density at radius 1 is 1.28 bits per heavy atom. The van der Waals surface area contributed by atoms with Gasteiger partial charge in [0.1, 0.15) is 6.61 Å². The highest BCUT2D eigenvalue weighted by molar-refractivity contribution is 7.08. The second-order valence-corrected chi connectivity index (χ2v) is 7.25. The second-order valence-electron chi connectivity index (χ2n) is 6.47. The number of aromatic nitrogens is 1. The van der Waals surface area contributed by atoms with Crippen molar-refractivity contribution in [3.05, 3.63) is 46.9 Å². The van der Waals surface area contributed by atoms with Crippen LogP contribution >= 0.6 is 11.3 Å². The third kappa shape index (κ3) is 3.17. The highest BCUT2D eigenvalue weighted by Gasteiger charge is 2.43. The van der Waals surface area contributed by atoms with Gasteiger partial charge < -0.3 is 14.5 Å². The molecule has 2 aliphatic heterocycles. The first kappa shape index (κ1) is 16.2. The van der Waals surface area contributed by atoms with E-state index in [4.69, 9.17) is 4.74 Å². The molecular weight excluding hydrogens is 338 g/mol. The van der Waals surface area contributed by atoms with E-state index in [1.807, 2.05) is 26.6 Å². The molecule has 2 fully saturated rings. The largest absolute Gasteiger partial charge is 0.363 e. The van der Waals surface area contributed by atoms with Gasteiger partial charge in [-0.15, -0.1) is 0 Å². The standard InChI is InChI=1S/C18H19N3O3S/c22-16-11-24-18(13-21(16)15-3-9-25-12-15)4-7-20(8-5-18)17(23)14-2-1-6-19-10-14/h1-3,6,9-10,12H,4-5,7-8,11,13H2. The average Bonchev–Trinajstić information content (AvgIpc) is 3.19. The van der Waals surface area contributed by atoms with Crippen LogP contribution in [0.1, 0.15) is 23.2 Å². The van der Waals surface area contributed by atoms with Gasteiger partial charge in [-0.05, 0) is 36.4 Å². The van der Waals surface area contributed by atoms with E-state index in [0.29, 0.717) is 25.2 Å². The summed E-state index contributed by atoms with van der Waals surface area (Å²) in [6.07, 6.45) is 4.72. The Bertz CT molecular complexity index is 755. The number of hydrogen-bond acceptors (Lipinski definition) is 5. The summed E-state index contributed by atoms with van der Waals surface area (Å²) in [7, 11) is 0. The smallest absolute Gasteiger partial charge is 0.255 e.